The van der Waals surface area contributed by atoms with Crippen LogP contribution in [0.1, 0.15) is 5.56 Å². The van der Waals surface area contributed by atoms with Gasteiger partial charge < -0.3 is 5.32 Å². The first-order valence-electron chi connectivity index (χ1n) is 7.70. The third-order valence-electron chi connectivity index (χ3n) is 3.86. The molecule has 1 N–H and O–H groups in total. The Morgan fingerprint density at radius 3 is 2.58 bits per heavy atom. The van der Waals surface area contributed by atoms with Crippen LogP contribution in [0.4, 0.5) is 10.1 Å². The fraction of sp³-hybridized carbons (Fsp3) is 0. The molecule has 1 aromatic heterocycles. The number of rotatable bonds is 3. The maximum Gasteiger partial charge on any atom is 0.281 e. The van der Waals surface area contributed by atoms with Crippen molar-refractivity contribution in [1.82, 2.24) is 20.1 Å². The van der Waals surface area contributed by atoms with Crippen molar-refractivity contribution in [3.63, 3.8) is 0 Å². The van der Waals surface area contributed by atoms with E-state index in [4.69, 9.17) is 12.2 Å². The third kappa shape index (κ3) is 2.86. The number of nitrogens with one attached hydrogen (secondary N) is 1. The fourth-order valence-corrected chi connectivity index (χ4v) is 2.91. The average Bonchev–Trinajstić information content (AvgIpc) is 3.26. The molecule has 0 atom stereocenters. The Morgan fingerprint density at radius 1 is 1.12 bits per heavy atom. The van der Waals surface area contributed by atoms with Gasteiger partial charge in [0.15, 0.2) is 5.11 Å². The lowest BCUT2D eigenvalue weighted by atomic mass is 10.1. The summed E-state index contributed by atoms with van der Waals surface area (Å²) in [4.78, 5) is 17.7. The van der Waals surface area contributed by atoms with E-state index < -0.39 is 11.7 Å². The summed E-state index contributed by atoms with van der Waals surface area (Å²) in [7, 11) is 0. The van der Waals surface area contributed by atoms with Gasteiger partial charge in [-0.3, -0.25) is 4.79 Å². The molecule has 0 unspecified atom stereocenters. The highest BCUT2D eigenvalue weighted by atomic mass is 32.1. The molecule has 2 heterocycles. The monoisotopic (exact) mass is 365 g/mol. The summed E-state index contributed by atoms with van der Waals surface area (Å²) in [6, 6.07) is 13.4. The van der Waals surface area contributed by atoms with Crippen LogP contribution < -0.4 is 10.2 Å². The first kappa shape index (κ1) is 16.1. The fourth-order valence-electron chi connectivity index (χ4n) is 2.62. The number of hydrogen-bond donors (Lipinski definition) is 1. The van der Waals surface area contributed by atoms with Crippen molar-refractivity contribution in [2.75, 3.05) is 4.90 Å². The minimum Gasteiger partial charge on any atom is -0.327 e. The number of carbonyl (C=O) groups is 1. The van der Waals surface area contributed by atoms with Crippen LogP contribution >= 0.6 is 12.2 Å². The zero-order valence-corrected chi connectivity index (χ0v) is 14.2. The van der Waals surface area contributed by atoms with Crippen molar-refractivity contribution in [2.45, 2.75) is 0 Å². The van der Waals surface area contributed by atoms with Crippen LogP contribution in [0.25, 0.3) is 11.8 Å². The summed E-state index contributed by atoms with van der Waals surface area (Å²) in [5.41, 5.74) is 2.05. The number of hydrogen-bond acceptors (Lipinski definition) is 4. The molecule has 6 nitrogen and oxygen atoms in total. The zero-order chi connectivity index (χ0) is 18.1. The highest BCUT2D eigenvalue weighted by Crippen LogP contribution is 2.25. The molecule has 8 heteroatoms. The minimum atomic E-state index is -0.511. The second-order valence-corrected chi connectivity index (χ2v) is 5.90. The molecule has 128 valence electrons. The Morgan fingerprint density at radius 2 is 1.88 bits per heavy atom. The second kappa shape index (κ2) is 6.49. The largest absolute Gasteiger partial charge is 0.327 e. The van der Waals surface area contributed by atoms with Gasteiger partial charge in [0, 0.05) is 0 Å². The number of carbonyl (C=O) groups excluding carboxylic acids is 1. The number of anilines is 1. The molecule has 3 aromatic rings. The summed E-state index contributed by atoms with van der Waals surface area (Å²) < 4.78 is 15.6. The lowest BCUT2D eigenvalue weighted by Crippen LogP contribution is -2.31. The van der Waals surface area contributed by atoms with Gasteiger partial charge in [-0.25, -0.2) is 19.0 Å². The second-order valence-electron chi connectivity index (χ2n) is 5.51. The van der Waals surface area contributed by atoms with E-state index in [9.17, 15) is 9.18 Å². The summed E-state index contributed by atoms with van der Waals surface area (Å²) >= 11 is 5.20. The molecule has 1 saturated heterocycles. The van der Waals surface area contributed by atoms with Gasteiger partial charge in [-0.1, -0.05) is 24.3 Å². The van der Waals surface area contributed by atoms with Gasteiger partial charge in [-0.2, -0.15) is 5.10 Å². The molecule has 4 rings (SSSR count). The molecule has 1 fully saturated rings. The van der Waals surface area contributed by atoms with Crippen LogP contribution in [0, 0.1) is 5.82 Å². The maximum absolute atomic E-state index is 14.0. The minimum absolute atomic E-state index is 0.125. The summed E-state index contributed by atoms with van der Waals surface area (Å²) in [5.74, 6) is -0.913. The number of thiocarbonyl (C=S) groups is 1. The predicted molar refractivity (Wildman–Crippen MR) is 99.0 cm³/mol. The third-order valence-corrected chi connectivity index (χ3v) is 4.14. The number of aromatic nitrogens is 3. The first-order chi connectivity index (χ1) is 12.6. The van der Waals surface area contributed by atoms with E-state index in [0.29, 0.717) is 0 Å². The van der Waals surface area contributed by atoms with E-state index in [-0.39, 0.29) is 16.5 Å². The van der Waals surface area contributed by atoms with E-state index in [1.165, 1.54) is 18.5 Å². The molecule has 1 aliphatic heterocycles. The first-order valence-corrected chi connectivity index (χ1v) is 8.11. The van der Waals surface area contributed by atoms with Gasteiger partial charge in [0.2, 0.25) is 0 Å². The lowest BCUT2D eigenvalue weighted by Gasteiger charge is -2.14. The van der Waals surface area contributed by atoms with Gasteiger partial charge in [0.1, 0.15) is 24.2 Å². The smallest absolute Gasteiger partial charge is 0.281 e. The summed E-state index contributed by atoms with van der Waals surface area (Å²) in [6.07, 6.45) is 4.72. The number of nitrogens with zero attached hydrogens (tertiary/aromatic N) is 4. The van der Waals surface area contributed by atoms with Gasteiger partial charge >= 0.3 is 0 Å². The predicted octanol–water partition coefficient (Wildman–Crippen LogP) is 2.67. The Bertz CT molecular complexity index is 1010. The molecule has 1 aliphatic rings. The number of benzene rings is 2. The van der Waals surface area contributed by atoms with Crippen LogP contribution in [-0.2, 0) is 4.79 Å². The van der Waals surface area contributed by atoms with Gasteiger partial charge in [0.25, 0.3) is 5.91 Å². The van der Waals surface area contributed by atoms with Crippen molar-refractivity contribution in [2.24, 2.45) is 0 Å². The SMILES string of the molecule is O=C1/C(=C/c2ccc(-n3cncn3)cc2)NC(=S)N1c1ccccc1F. The number of amides is 1. The van der Waals surface area contributed by atoms with Crippen LogP contribution in [0.5, 0.6) is 0 Å². The average molecular weight is 365 g/mol. The number of halogens is 1. The number of para-hydroxylation sites is 1. The van der Waals surface area contributed by atoms with Gasteiger partial charge in [-0.05, 0) is 48.1 Å². The molecule has 1 amide bonds. The summed E-state index contributed by atoms with van der Waals surface area (Å²) in [6.45, 7) is 0. The summed E-state index contributed by atoms with van der Waals surface area (Å²) in [5, 5.41) is 7.05. The van der Waals surface area contributed by atoms with Crippen LogP contribution in [0.2, 0.25) is 0 Å². The van der Waals surface area contributed by atoms with Crippen molar-refractivity contribution in [3.8, 4) is 5.69 Å². The molecular formula is C18H12FN5OS. The van der Waals surface area contributed by atoms with E-state index in [2.05, 4.69) is 15.4 Å². The Kier molecular flexibility index (Phi) is 4.02. The standard InChI is InChI=1S/C18H12FN5OS/c19-14-3-1-2-4-16(14)24-17(25)15(22-18(24)26)9-12-5-7-13(8-6-12)23-11-20-10-21-23/h1-11H,(H,22,26)/b15-9-. The van der Waals surface area contributed by atoms with Crippen LogP contribution in [0.3, 0.4) is 0 Å². The molecular weight excluding hydrogens is 353 g/mol. The molecule has 0 bridgehead atoms. The molecule has 26 heavy (non-hydrogen) atoms. The molecule has 0 radical (unpaired) electrons. The van der Waals surface area contributed by atoms with E-state index in [1.807, 2.05) is 24.3 Å². The molecule has 0 spiro atoms. The van der Waals surface area contributed by atoms with E-state index in [0.717, 1.165) is 16.2 Å². The van der Waals surface area contributed by atoms with E-state index >= 15 is 0 Å². The lowest BCUT2D eigenvalue weighted by molar-refractivity contribution is -0.113. The molecule has 0 saturated carbocycles. The van der Waals surface area contributed by atoms with Gasteiger partial charge in [0.05, 0.1) is 11.4 Å². The van der Waals surface area contributed by atoms with Crippen LogP contribution in [-0.4, -0.2) is 25.8 Å². The van der Waals surface area contributed by atoms with Crippen molar-refractivity contribution in [1.29, 1.82) is 0 Å². The van der Waals surface area contributed by atoms with Crippen molar-refractivity contribution < 1.29 is 9.18 Å². The molecule has 0 aliphatic carbocycles. The topological polar surface area (TPSA) is 63.1 Å². The zero-order valence-electron chi connectivity index (χ0n) is 13.3. The molecule has 2 aromatic carbocycles. The normalized spacial score (nSPS) is 15.6. The van der Waals surface area contributed by atoms with Gasteiger partial charge in [-0.15, -0.1) is 0 Å². The van der Waals surface area contributed by atoms with E-state index in [1.54, 1.807) is 29.2 Å². The quantitative estimate of drug-likeness (QED) is 0.571. The van der Waals surface area contributed by atoms with Crippen molar-refractivity contribution in [3.05, 3.63) is 78.3 Å². The van der Waals surface area contributed by atoms with Crippen LogP contribution in [0.15, 0.2) is 66.9 Å². The Labute approximate surface area is 153 Å². The maximum atomic E-state index is 14.0. The Hall–Kier alpha value is -3.39. The van der Waals surface area contributed by atoms with Crippen molar-refractivity contribution >= 4 is 35.0 Å². The Balaban J connectivity index is 1.61. The highest BCUT2D eigenvalue weighted by molar-refractivity contribution is 7.80. The highest BCUT2D eigenvalue weighted by Gasteiger charge is 2.33.